The summed E-state index contributed by atoms with van der Waals surface area (Å²) in [6, 6.07) is 15.8. The van der Waals surface area contributed by atoms with Gasteiger partial charge in [0.25, 0.3) is 11.8 Å². The summed E-state index contributed by atoms with van der Waals surface area (Å²) in [5.74, 6) is 1.10. The van der Waals surface area contributed by atoms with Crippen molar-refractivity contribution in [3.8, 4) is 23.0 Å². The molecular weight excluding hydrogens is 554 g/mol. The van der Waals surface area contributed by atoms with Crippen molar-refractivity contribution in [1.29, 1.82) is 0 Å². The number of halogens is 1. The average molecular weight is 584 g/mol. The molecule has 2 N–H and O–H groups in total. The van der Waals surface area contributed by atoms with Gasteiger partial charge >= 0.3 is 0 Å². The maximum absolute atomic E-state index is 12.5. The van der Waals surface area contributed by atoms with Crippen LogP contribution >= 0.6 is 15.9 Å². The smallest absolute Gasteiger partial charge is 0.271 e. The molecule has 0 aliphatic rings. The highest BCUT2D eigenvalue weighted by Gasteiger charge is 2.15. The lowest BCUT2D eigenvalue weighted by Crippen LogP contribution is -2.20. The number of aryl methyl sites for hydroxylation is 1. The van der Waals surface area contributed by atoms with E-state index in [2.05, 4.69) is 31.8 Å². The topological polar surface area (TPSA) is 107 Å². The average Bonchev–Trinajstić information content (AvgIpc) is 2.90. The van der Waals surface area contributed by atoms with E-state index in [1.54, 1.807) is 30.3 Å². The van der Waals surface area contributed by atoms with Gasteiger partial charge in [-0.05, 0) is 84.7 Å². The lowest BCUT2D eigenvalue weighted by Gasteiger charge is -2.14. The standard InChI is InChI=1S/C28H30BrN3O6/c1-5-36-23-12-9-20(15-24(23)35-4)28(34)32-30-16-19-13-22(29)27(25(14-19)37-6-2)38-17-26(33)31-21-10-7-18(3)8-11-21/h7-16H,5-6,17H2,1-4H3,(H,31,33)(H,32,34)/b30-16+. The molecule has 10 heteroatoms. The molecule has 0 fully saturated rings. The van der Waals surface area contributed by atoms with Crippen molar-refractivity contribution < 1.29 is 28.5 Å². The monoisotopic (exact) mass is 583 g/mol. The minimum atomic E-state index is -0.411. The first-order valence-electron chi connectivity index (χ1n) is 11.9. The molecule has 0 unspecified atom stereocenters. The van der Waals surface area contributed by atoms with Crippen LogP contribution in [-0.2, 0) is 4.79 Å². The number of rotatable bonds is 12. The number of benzene rings is 3. The van der Waals surface area contributed by atoms with Gasteiger partial charge < -0.3 is 24.3 Å². The van der Waals surface area contributed by atoms with Crippen LogP contribution in [0.4, 0.5) is 5.69 Å². The Morgan fingerprint density at radius 1 is 0.921 bits per heavy atom. The molecule has 200 valence electrons. The molecule has 2 amide bonds. The highest BCUT2D eigenvalue weighted by molar-refractivity contribution is 9.10. The van der Waals surface area contributed by atoms with Gasteiger partial charge in [-0.1, -0.05) is 17.7 Å². The van der Waals surface area contributed by atoms with Crippen LogP contribution < -0.4 is 29.7 Å². The zero-order chi connectivity index (χ0) is 27.5. The maximum Gasteiger partial charge on any atom is 0.271 e. The van der Waals surface area contributed by atoms with E-state index in [0.29, 0.717) is 57.5 Å². The minimum absolute atomic E-state index is 0.207. The Morgan fingerprint density at radius 2 is 1.63 bits per heavy atom. The number of amides is 2. The molecule has 38 heavy (non-hydrogen) atoms. The summed E-state index contributed by atoms with van der Waals surface area (Å²) >= 11 is 3.47. The summed E-state index contributed by atoms with van der Waals surface area (Å²) in [5, 5.41) is 6.85. The molecule has 0 bridgehead atoms. The number of methoxy groups -OCH3 is 1. The van der Waals surface area contributed by atoms with Crippen LogP contribution in [0.1, 0.15) is 35.3 Å². The Hall–Kier alpha value is -4.05. The predicted octanol–water partition coefficient (Wildman–Crippen LogP) is 5.34. The Bertz CT molecular complexity index is 1290. The molecule has 0 radical (unpaired) electrons. The maximum atomic E-state index is 12.5. The van der Waals surface area contributed by atoms with Crippen LogP contribution in [0.25, 0.3) is 0 Å². The van der Waals surface area contributed by atoms with E-state index in [0.717, 1.165) is 5.56 Å². The lowest BCUT2D eigenvalue weighted by atomic mass is 10.2. The molecule has 0 saturated carbocycles. The summed E-state index contributed by atoms with van der Waals surface area (Å²) in [7, 11) is 1.51. The number of anilines is 1. The second kappa shape index (κ2) is 14.0. The van der Waals surface area contributed by atoms with Crippen molar-refractivity contribution in [2.75, 3.05) is 32.2 Å². The van der Waals surface area contributed by atoms with E-state index in [-0.39, 0.29) is 12.5 Å². The predicted molar refractivity (Wildman–Crippen MR) is 150 cm³/mol. The quantitative estimate of drug-likeness (QED) is 0.220. The molecule has 0 aliphatic carbocycles. The van der Waals surface area contributed by atoms with Gasteiger partial charge in [0, 0.05) is 11.3 Å². The summed E-state index contributed by atoms with van der Waals surface area (Å²) in [6.45, 7) is 6.34. The molecule has 9 nitrogen and oxygen atoms in total. The Kier molecular flexibility index (Phi) is 10.5. The Balaban J connectivity index is 1.66. The largest absolute Gasteiger partial charge is 0.493 e. The fourth-order valence-corrected chi connectivity index (χ4v) is 3.92. The van der Waals surface area contributed by atoms with Gasteiger partial charge in [0.1, 0.15) is 0 Å². The molecule has 3 rings (SSSR count). The molecule has 3 aromatic rings. The number of carbonyl (C=O) groups is 2. The van der Waals surface area contributed by atoms with Gasteiger partial charge in [-0.25, -0.2) is 5.43 Å². The zero-order valence-electron chi connectivity index (χ0n) is 21.7. The molecule has 0 atom stereocenters. The number of nitrogens with zero attached hydrogens (tertiary/aromatic N) is 1. The molecule has 0 aromatic heterocycles. The number of hydrazone groups is 1. The summed E-state index contributed by atoms with van der Waals surface area (Å²) in [5.41, 5.74) is 5.29. The SMILES string of the molecule is CCOc1ccc(C(=O)N/N=C/c2cc(Br)c(OCC(=O)Nc3ccc(C)cc3)c(OCC)c2)cc1OC. The van der Waals surface area contributed by atoms with Crippen LogP contribution in [0.2, 0.25) is 0 Å². The van der Waals surface area contributed by atoms with E-state index < -0.39 is 5.91 Å². The van der Waals surface area contributed by atoms with Gasteiger partial charge in [-0.15, -0.1) is 0 Å². The van der Waals surface area contributed by atoms with Gasteiger partial charge in [0.2, 0.25) is 0 Å². The Labute approximate surface area is 230 Å². The van der Waals surface area contributed by atoms with Crippen molar-refractivity contribution >= 4 is 39.6 Å². The van der Waals surface area contributed by atoms with E-state index in [1.807, 2.05) is 45.0 Å². The summed E-state index contributed by atoms with van der Waals surface area (Å²) in [4.78, 5) is 24.9. The van der Waals surface area contributed by atoms with E-state index in [4.69, 9.17) is 18.9 Å². The molecular formula is C28H30BrN3O6. The van der Waals surface area contributed by atoms with Crippen LogP contribution in [-0.4, -0.2) is 45.0 Å². The van der Waals surface area contributed by atoms with E-state index in [9.17, 15) is 9.59 Å². The number of hydrogen-bond acceptors (Lipinski definition) is 7. The third-order valence-electron chi connectivity index (χ3n) is 5.12. The first kappa shape index (κ1) is 28.5. The number of ether oxygens (including phenoxy) is 4. The van der Waals surface area contributed by atoms with Crippen molar-refractivity contribution in [2.24, 2.45) is 5.10 Å². The molecule has 0 spiro atoms. The molecule has 0 aliphatic heterocycles. The number of nitrogens with one attached hydrogen (secondary N) is 2. The van der Waals surface area contributed by atoms with Gasteiger partial charge in [-0.3, -0.25) is 9.59 Å². The third-order valence-corrected chi connectivity index (χ3v) is 5.71. The number of carbonyl (C=O) groups excluding carboxylic acids is 2. The molecule has 3 aromatic carbocycles. The molecule has 0 saturated heterocycles. The highest BCUT2D eigenvalue weighted by Crippen LogP contribution is 2.36. The minimum Gasteiger partial charge on any atom is -0.493 e. The van der Waals surface area contributed by atoms with Crippen molar-refractivity contribution in [3.63, 3.8) is 0 Å². The van der Waals surface area contributed by atoms with Gasteiger partial charge in [0.05, 0.1) is 31.0 Å². The second-order valence-electron chi connectivity index (χ2n) is 7.96. The lowest BCUT2D eigenvalue weighted by molar-refractivity contribution is -0.118. The van der Waals surface area contributed by atoms with Crippen LogP contribution in [0.5, 0.6) is 23.0 Å². The van der Waals surface area contributed by atoms with Crippen molar-refractivity contribution in [2.45, 2.75) is 20.8 Å². The van der Waals surface area contributed by atoms with E-state index in [1.165, 1.54) is 13.3 Å². The van der Waals surface area contributed by atoms with Crippen LogP contribution in [0.3, 0.4) is 0 Å². The fraction of sp³-hybridized carbons (Fsp3) is 0.250. The second-order valence-corrected chi connectivity index (χ2v) is 8.82. The van der Waals surface area contributed by atoms with Crippen LogP contribution in [0.15, 0.2) is 64.2 Å². The fourth-order valence-electron chi connectivity index (χ4n) is 3.35. The number of hydrogen-bond donors (Lipinski definition) is 2. The van der Waals surface area contributed by atoms with Gasteiger partial charge in [-0.2, -0.15) is 5.10 Å². The summed E-state index contributed by atoms with van der Waals surface area (Å²) in [6.07, 6.45) is 1.48. The first-order chi connectivity index (χ1) is 18.3. The highest BCUT2D eigenvalue weighted by atomic mass is 79.9. The van der Waals surface area contributed by atoms with Crippen molar-refractivity contribution in [1.82, 2.24) is 5.43 Å². The van der Waals surface area contributed by atoms with Crippen LogP contribution in [0, 0.1) is 6.92 Å². The van der Waals surface area contributed by atoms with E-state index >= 15 is 0 Å². The normalized spacial score (nSPS) is 10.7. The Morgan fingerprint density at radius 3 is 2.32 bits per heavy atom. The first-order valence-corrected chi connectivity index (χ1v) is 12.7. The molecule has 0 heterocycles. The summed E-state index contributed by atoms with van der Waals surface area (Å²) < 4.78 is 22.8. The van der Waals surface area contributed by atoms with Crippen molar-refractivity contribution in [3.05, 3.63) is 75.8 Å². The van der Waals surface area contributed by atoms with Gasteiger partial charge in [0.15, 0.2) is 29.6 Å². The zero-order valence-corrected chi connectivity index (χ0v) is 23.3. The third kappa shape index (κ3) is 7.97.